The molecule has 0 saturated heterocycles. The summed E-state index contributed by atoms with van der Waals surface area (Å²) in [6, 6.07) is 20.1. The Bertz CT molecular complexity index is 1010. The summed E-state index contributed by atoms with van der Waals surface area (Å²) in [6.45, 7) is 14.1. The van der Waals surface area contributed by atoms with Crippen molar-refractivity contribution >= 4 is 47.8 Å². The van der Waals surface area contributed by atoms with Crippen molar-refractivity contribution in [2.75, 3.05) is 20.7 Å². The van der Waals surface area contributed by atoms with Crippen LogP contribution in [-0.4, -0.2) is 62.5 Å². The van der Waals surface area contributed by atoms with Gasteiger partial charge in [0, 0.05) is 14.1 Å². The molecule has 1 unspecified atom stereocenters. The van der Waals surface area contributed by atoms with Crippen molar-refractivity contribution < 1.29 is 14.0 Å². The van der Waals surface area contributed by atoms with Crippen LogP contribution in [0.25, 0.3) is 0 Å². The molecule has 0 heterocycles. The highest BCUT2D eigenvalue weighted by atomic mass is 32.1. The predicted octanol–water partition coefficient (Wildman–Crippen LogP) is 4.76. The molecule has 0 radical (unpaired) electrons. The van der Waals surface area contributed by atoms with Gasteiger partial charge in [-0.15, -0.1) is 0 Å². The molecule has 6 nitrogen and oxygen atoms in total. The number of amides is 1. The average Bonchev–Trinajstić information content (AvgIpc) is 2.77. The number of hydrogen-bond donors (Lipinski definition) is 1. The third kappa shape index (κ3) is 7.72. The van der Waals surface area contributed by atoms with Crippen LogP contribution < -0.4 is 15.7 Å². The maximum atomic E-state index is 12.8. The molecule has 0 saturated carbocycles. The molecule has 196 valence electrons. The Morgan fingerprint density at radius 1 is 0.972 bits per heavy atom. The van der Waals surface area contributed by atoms with Crippen LogP contribution in [-0.2, 0) is 9.16 Å². The molecule has 0 bridgehead atoms. The molecule has 0 spiro atoms. The number of nitrogens with zero attached hydrogens (tertiary/aromatic N) is 2. The Hall–Kier alpha value is -2.55. The number of benzene rings is 2. The molecular formula is C28H41N3O3SSi. The summed E-state index contributed by atoms with van der Waals surface area (Å²) in [5.74, 6) is 0.737. The maximum Gasteiger partial charge on any atom is 0.408 e. The molecule has 0 aliphatic heterocycles. The lowest BCUT2D eigenvalue weighted by atomic mass is 10.2. The van der Waals surface area contributed by atoms with Crippen molar-refractivity contribution in [3.63, 3.8) is 0 Å². The topological polar surface area (TPSA) is 63.2 Å². The number of carbonyl (C=O) groups excluding carboxylic acids is 1. The Morgan fingerprint density at radius 3 is 1.83 bits per heavy atom. The Labute approximate surface area is 223 Å². The first kappa shape index (κ1) is 29.7. The van der Waals surface area contributed by atoms with E-state index in [1.807, 2.05) is 83.1 Å². The molecule has 0 fully saturated rings. The second kappa shape index (κ2) is 12.1. The first-order valence-electron chi connectivity index (χ1n) is 12.2. The zero-order chi connectivity index (χ0) is 27.1. The fraction of sp³-hybridized carbons (Fsp3) is 0.464. The van der Waals surface area contributed by atoms with E-state index in [4.69, 9.17) is 21.4 Å². The third-order valence-corrected chi connectivity index (χ3v) is 11.2. The molecular weight excluding hydrogens is 486 g/mol. The van der Waals surface area contributed by atoms with Crippen LogP contribution in [0.4, 0.5) is 4.79 Å². The van der Waals surface area contributed by atoms with Crippen molar-refractivity contribution in [1.82, 2.24) is 10.2 Å². The van der Waals surface area contributed by atoms with Gasteiger partial charge < -0.3 is 19.4 Å². The number of rotatable bonds is 7. The normalized spacial score (nSPS) is 13.6. The fourth-order valence-electron chi connectivity index (χ4n) is 3.93. The molecule has 2 aromatic rings. The molecule has 0 aliphatic carbocycles. The number of carbonyl (C=O) groups is 1. The minimum absolute atomic E-state index is 0.162. The van der Waals surface area contributed by atoms with Gasteiger partial charge in [0.1, 0.15) is 22.5 Å². The van der Waals surface area contributed by atoms with E-state index in [9.17, 15) is 4.79 Å². The Balaban J connectivity index is 2.54. The number of amidine groups is 1. The van der Waals surface area contributed by atoms with Gasteiger partial charge in [-0.3, -0.25) is 0 Å². The smallest absolute Gasteiger partial charge is 0.408 e. The van der Waals surface area contributed by atoms with Gasteiger partial charge in [0.2, 0.25) is 0 Å². The maximum absolute atomic E-state index is 12.8. The fourth-order valence-corrected chi connectivity index (χ4v) is 8.76. The average molecular weight is 528 g/mol. The molecule has 0 aromatic heterocycles. The van der Waals surface area contributed by atoms with Gasteiger partial charge in [0.25, 0.3) is 8.32 Å². The van der Waals surface area contributed by atoms with Crippen molar-refractivity contribution in [2.45, 2.75) is 65.1 Å². The lowest BCUT2D eigenvalue weighted by molar-refractivity contribution is 0.0506. The molecule has 1 atom stereocenters. The van der Waals surface area contributed by atoms with E-state index in [0.29, 0.717) is 4.99 Å². The van der Waals surface area contributed by atoms with Crippen LogP contribution >= 0.6 is 12.2 Å². The van der Waals surface area contributed by atoms with Crippen molar-refractivity contribution in [3.8, 4) is 0 Å². The summed E-state index contributed by atoms with van der Waals surface area (Å²) in [4.78, 5) is 19.5. The van der Waals surface area contributed by atoms with E-state index in [1.165, 1.54) is 0 Å². The lowest BCUT2D eigenvalue weighted by Gasteiger charge is -2.43. The zero-order valence-electron chi connectivity index (χ0n) is 23.1. The Morgan fingerprint density at radius 2 is 1.44 bits per heavy atom. The van der Waals surface area contributed by atoms with E-state index < -0.39 is 26.1 Å². The molecule has 36 heavy (non-hydrogen) atoms. The van der Waals surface area contributed by atoms with Crippen LogP contribution in [0.1, 0.15) is 48.5 Å². The number of hydrogen-bond acceptors (Lipinski definition) is 4. The number of aliphatic imine (C=N–C) groups is 1. The lowest BCUT2D eigenvalue weighted by Crippen LogP contribution is -2.67. The number of alkyl carbamates (subject to hydrolysis) is 1. The number of ether oxygens (including phenoxy) is 1. The summed E-state index contributed by atoms with van der Waals surface area (Å²) >= 11 is 5.70. The van der Waals surface area contributed by atoms with E-state index in [1.54, 1.807) is 0 Å². The van der Waals surface area contributed by atoms with E-state index in [-0.39, 0.29) is 11.6 Å². The van der Waals surface area contributed by atoms with Gasteiger partial charge in [-0.25, -0.2) is 9.79 Å². The minimum Gasteiger partial charge on any atom is -0.444 e. The van der Waals surface area contributed by atoms with Crippen LogP contribution in [0.3, 0.4) is 0 Å². The highest BCUT2D eigenvalue weighted by molar-refractivity contribution is 7.80. The molecule has 1 amide bonds. The monoisotopic (exact) mass is 527 g/mol. The molecule has 2 rings (SSSR count). The second-order valence-electron chi connectivity index (χ2n) is 11.1. The summed E-state index contributed by atoms with van der Waals surface area (Å²) in [5.41, 5.74) is -0.641. The number of nitrogens with one attached hydrogen (secondary N) is 1. The third-order valence-electron chi connectivity index (χ3n) is 5.79. The van der Waals surface area contributed by atoms with E-state index in [2.05, 4.69) is 55.3 Å². The van der Waals surface area contributed by atoms with Crippen molar-refractivity contribution in [1.29, 1.82) is 0 Å². The summed E-state index contributed by atoms with van der Waals surface area (Å²) < 4.78 is 12.5. The number of thiocarbonyl (C=S) groups is 1. The second-order valence-corrected chi connectivity index (χ2v) is 15.8. The zero-order valence-corrected chi connectivity index (χ0v) is 24.9. The predicted molar refractivity (Wildman–Crippen MR) is 156 cm³/mol. The van der Waals surface area contributed by atoms with Crippen molar-refractivity contribution in [3.05, 3.63) is 60.7 Å². The first-order valence-corrected chi connectivity index (χ1v) is 14.5. The van der Waals surface area contributed by atoms with Crippen LogP contribution in [0.15, 0.2) is 65.7 Å². The summed E-state index contributed by atoms with van der Waals surface area (Å²) in [6.07, 6.45) is -0.557. The van der Waals surface area contributed by atoms with Gasteiger partial charge in [0.05, 0.1) is 6.61 Å². The van der Waals surface area contributed by atoms with Crippen molar-refractivity contribution in [2.24, 2.45) is 4.99 Å². The summed E-state index contributed by atoms with van der Waals surface area (Å²) in [5, 5.41) is 5.01. The SMILES string of the molecule is CC(=NC(=S)C(CO[Si](c1ccccc1)(c1ccccc1)C(C)(C)C)NC(=O)OC(C)(C)C)N(C)C. The Kier molecular flexibility index (Phi) is 9.99. The van der Waals surface area contributed by atoms with Gasteiger partial charge in [-0.1, -0.05) is 93.7 Å². The summed E-state index contributed by atoms with van der Waals surface area (Å²) in [7, 11) is 0.971. The highest BCUT2D eigenvalue weighted by Crippen LogP contribution is 2.36. The largest absolute Gasteiger partial charge is 0.444 e. The minimum atomic E-state index is -2.83. The van der Waals surface area contributed by atoms with Gasteiger partial charge in [-0.2, -0.15) is 0 Å². The molecule has 0 aliphatic rings. The van der Waals surface area contributed by atoms with Gasteiger partial charge in [0.15, 0.2) is 0 Å². The molecule has 1 N–H and O–H groups in total. The van der Waals surface area contributed by atoms with Crippen LogP contribution in [0.2, 0.25) is 5.04 Å². The molecule has 2 aromatic carbocycles. The molecule has 8 heteroatoms. The van der Waals surface area contributed by atoms with E-state index >= 15 is 0 Å². The highest BCUT2D eigenvalue weighted by Gasteiger charge is 2.50. The first-order chi connectivity index (χ1) is 16.7. The van der Waals surface area contributed by atoms with Gasteiger partial charge >= 0.3 is 6.09 Å². The van der Waals surface area contributed by atoms with Crippen LogP contribution in [0.5, 0.6) is 0 Å². The van der Waals surface area contributed by atoms with E-state index in [0.717, 1.165) is 16.2 Å². The standard InChI is InChI=1S/C28H41N3O3SSi/c1-21(31(8)9)29-25(35)24(30-26(32)34-27(2,3)4)20-33-36(28(5,6)7,22-16-12-10-13-17-22)23-18-14-11-15-19-23/h10-19,24H,20H2,1-9H3,(H,30,32). The quantitative estimate of drug-likeness (QED) is 0.243. The van der Waals surface area contributed by atoms with Gasteiger partial charge in [-0.05, 0) is 43.1 Å². The van der Waals surface area contributed by atoms with Crippen LogP contribution in [0, 0.1) is 0 Å².